The molecule has 30 heavy (non-hydrogen) atoms. The van der Waals surface area contributed by atoms with Crippen molar-refractivity contribution in [2.45, 2.75) is 26.2 Å². The molecule has 3 nitrogen and oxygen atoms in total. The minimum Gasteiger partial charge on any atom is -0.497 e. The number of pyridine rings is 1. The smallest absolute Gasteiger partial charge is 0.125 e. The molecule has 0 radical (unpaired) electrons. The summed E-state index contributed by atoms with van der Waals surface area (Å²) in [5.74, 6) is 1.59. The number of methoxy groups -OCH3 is 1. The molecule has 1 aliphatic carbocycles. The summed E-state index contributed by atoms with van der Waals surface area (Å²) in [4.78, 5) is 7.66. The Hall–Kier alpha value is -3.16. The fourth-order valence-electron chi connectivity index (χ4n) is 4.31. The van der Waals surface area contributed by atoms with Crippen molar-refractivity contribution in [3.8, 4) is 34.2 Å². The first kappa shape index (κ1) is 18.8. The topological polar surface area (TPSA) is 45.9 Å². The molecule has 4 aromatic rings. The van der Waals surface area contributed by atoms with Gasteiger partial charge in [0.05, 0.1) is 24.4 Å². The number of nitriles is 1. The second kappa shape index (κ2) is 7.59. The highest BCUT2D eigenvalue weighted by Gasteiger charge is 2.24. The van der Waals surface area contributed by atoms with E-state index < -0.39 is 0 Å². The molecule has 0 N–H and O–H groups in total. The van der Waals surface area contributed by atoms with E-state index in [0.717, 1.165) is 40.6 Å². The van der Waals surface area contributed by atoms with Crippen LogP contribution in [0.4, 0.5) is 0 Å². The molecule has 1 unspecified atom stereocenters. The summed E-state index contributed by atoms with van der Waals surface area (Å²) in [7, 11) is 1.69. The van der Waals surface area contributed by atoms with Gasteiger partial charge in [-0.2, -0.15) is 5.26 Å². The van der Waals surface area contributed by atoms with E-state index in [4.69, 9.17) is 15.0 Å². The van der Waals surface area contributed by atoms with Gasteiger partial charge in [-0.1, -0.05) is 31.2 Å². The Balaban J connectivity index is 1.74. The maximum atomic E-state index is 9.12. The third-order valence-electron chi connectivity index (χ3n) is 5.98. The monoisotopic (exact) mass is 410 g/mol. The molecule has 2 aromatic heterocycles. The summed E-state index contributed by atoms with van der Waals surface area (Å²) in [6, 6.07) is 20.4. The predicted molar refractivity (Wildman–Crippen MR) is 123 cm³/mol. The van der Waals surface area contributed by atoms with E-state index in [1.165, 1.54) is 33.4 Å². The Morgan fingerprint density at radius 3 is 2.50 bits per heavy atom. The molecule has 2 heterocycles. The van der Waals surface area contributed by atoms with Crippen LogP contribution in [0.15, 0.2) is 54.6 Å². The fourth-order valence-corrected chi connectivity index (χ4v) is 5.71. The molecule has 5 rings (SSSR count). The molecule has 1 atom stereocenters. The molecule has 148 valence electrons. The molecular formula is C26H22N2OS. The van der Waals surface area contributed by atoms with Gasteiger partial charge in [-0.25, -0.2) is 4.98 Å². The minimum atomic E-state index is 0.663. The molecule has 0 amide bonds. The molecule has 0 saturated heterocycles. The number of aromatic nitrogens is 1. The maximum Gasteiger partial charge on any atom is 0.125 e. The van der Waals surface area contributed by atoms with E-state index in [1.54, 1.807) is 7.11 Å². The second-order valence-electron chi connectivity index (χ2n) is 8.00. The number of nitrogens with zero attached hydrogens (tertiary/aromatic N) is 2. The van der Waals surface area contributed by atoms with Crippen LogP contribution in [0.1, 0.15) is 29.3 Å². The van der Waals surface area contributed by atoms with Gasteiger partial charge in [-0.05, 0) is 72.2 Å². The summed E-state index contributed by atoms with van der Waals surface area (Å²) in [5, 5.41) is 10.4. The van der Waals surface area contributed by atoms with E-state index in [-0.39, 0.29) is 0 Å². The van der Waals surface area contributed by atoms with Crippen LogP contribution in [-0.2, 0) is 12.8 Å². The molecule has 1 aliphatic rings. The number of ether oxygens (including phenoxy) is 1. The van der Waals surface area contributed by atoms with Gasteiger partial charge in [0.1, 0.15) is 10.6 Å². The quantitative estimate of drug-likeness (QED) is 0.380. The van der Waals surface area contributed by atoms with Crippen molar-refractivity contribution in [3.63, 3.8) is 0 Å². The van der Waals surface area contributed by atoms with Gasteiger partial charge >= 0.3 is 0 Å². The van der Waals surface area contributed by atoms with Crippen LogP contribution in [0.25, 0.3) is 32.6 Å². The minimum absolute atomic E-state index is 0.663. The Morgan fingerprint density at radius 2 is 1.80 bits per heavy atom. The Kier molecular flexibility index (Phi) is 4.77. The summed E-state index contributed by atoms with van der Waals surface area (Å²) < 4.78 is 5.36. The molecule has 0 fully saturated rings. The third-order valence-corrected chi connectivity index (χ3v) is 7.12. The van der Waals surface area contributed by atoms with Crippen molar-refractivity contribution in [2.75, 3.05) is 7.11 Å². The summed E-state index contributed by atoms with van der Waals surface area (Å²) in [6.07, 6.45) is 3.50. The van der Waals surface area contributed by atoms with Crippen molar-refractivity contribution in [3.05, 3.63) is 70.6 Å². The number of benzene rings is 2. The van der Waals surface area contributed by atoms with Gasteiger partial charge in [-0.15, -0.1) is 11.3 Å². The molecule has 0 bridgehead atoms. The van der Waals surface area contributed by atoms with E-state index in [1.807, 2.05) is 47.7 Å². The van der Waals surface area contributed by atoms with E-state index in [0.29, 0.717) is 5.56 Å². The lowest BCUT2D eigenvalue weighted by Gasteiger charge is -2.18. The van der Waals surface area contributed by atoms with Crippen molar-refractivity contribution < 1.29 is 4.74 Å². The van der Waals surface area contributed by atoms with Crippen LogP contribution in [0.2, 0.25) is 0 Å². The summed E-state index contributed by atoms with van der Waals surface area (Å²) in [6.45, 7) is 2.34. The van der Waals surface area contributed by atoms with E-state index >= 15 is 0 Å². The van der Waals surface area contributed by atoms with Crippen LogP contribution >= 0.6 is 11.3 Å². The van der Waals surface area contributed by atoms with Gasteiger partial charge in [0, 0.05) is 15.8 Å². The van der Waals surface area contributed by atoms with E-state index in [9.17, 15) is 0 Å². The van der Waals surface area contributed by atoms with Crippen molar-refractivity contribution >= 4 is 21.6 Å². The third kappa shape index (κ3) is 3.26. The van der Waals surface area contributed by atoms with Crippen molar-refractivity contribution in [1.82, 2.24) is 4.98 Å². The molecule has 0 saturated carbocycles. The highest BCUT2D eigenvalue weighted by Crippen LogP contribution is 2.43. The molecular weight excluding hydrogens is 388 g/mol. The number of hydrogen-bond donors (Lipinski definition) is 0. The van der Waals surface area contributed by atoms with Crippen LogP contribution in [-0.4, -0.2) is 12.1 Å². The average Bonchev–Trinajstić information content (AvgIpc) is 3.16. The number of rotatable bonds is 3. The first-order valence-electron chi connectivity index (χ1n) is 10.3. The normalized spacial score (nSPS) is 15.6. The van der Waals surface area contributed by atoms with Gasteiger partial charge in [0.25, 0.3) is 0 Å². The number of fused-ring (bicyclic) bond motifs is 3. The molecule has 0 aliphatic heterocycles. The lowest BCUT2D eigenvalue weighted by Crippen LogP contribution is -2.08. The van der Waals surface area contributed by atoms with Crippen molar-refractivity contribution in [1.29, 1.82) is 5.26 Å². The zero-order chi connectivity index (χ0) is 20.7. The van der Waals surface area contributed by atoms with Gasteiger partial charge in [0.15, 0.2) is 0 Å². The van der Waals surface area contributed by atoms with Gasteiger partial charge in [-0.3, -0.25) is 0 Å². The zero-order valence-corrected chi connectivity index (χ0v) is 17.9. The Bertz CT molecular complexity index is 1260. The highest BCUT2D eigenvalue weighted by atomic mass is 32.1. The van der Waals surface area contributed by atoms with Crippen LogP contribution < -0.4 is 4.74 Å². The fraction of sp³-hybridized carbons (Fsp3) is 0.231. The predicted octanol–water partition coefficient (Wildman–Crippen LogP) is 6.64. The average molecular weight is 411 g/mol. The van der Waals surface area contributed by atoms with Crippen molar-refractivity contribution in [2.24, 2.45) is 5.92 Å². The summed E-state index contributed by atoms with van der Waals surface area (Å²) in [5.41, 5.74) is 6.54. The van der Waals surface area contributed by atoms with Crippen LogP contribution in [0.3, 0.4) is 0 Å². The Morgan fingerprint density at radius 1 is 1.07 bits per heavy atom. The van der Waals surface area contributed by atoms with Gasteiger partial charge in [0.2, 0.25) is 0 Å². The standard InChI is InChI=1S/C26H22N2OS/c1-16-3-12-21-24(13-16)30-26-25(21)22(18-8-10-20(29-2)11-9-18)14-23(28-26)19-6-4-17(15-27)5-7-19/h4-11,14,16H,3,12-13H2,1-2H3. The van der Waals surface area contributed by atoms with Gasteiger partial charge < -0.3 is 4.74 Å². The second-order valence-corrected chi connectivity index (χ2v) is 9.09. The molecule has 0 spiro atoms. The Labute approximate surface area is 180 Å². The first-order valence-corrected chi connectivity index (χ1v) is 11.1. The van der Waals surface area contributed by atoms with E-state index in [2.05, 4.69) is 31.2 Å². The number of aryl methyl sites for hydroxylation is 1. The molecule has 4 heteroatoms. The lowest BCUT2D eigenvalue weighted by atomic mass is 9.87. The summed E-state index contributed by atoms with van der Waals surface area (Å²) >= 11 is 1.85. The highest BCUT2D eigenvalue weighted by molar-refractivity contribution is 7.19. The maximum absolute atomic E-state index is 9.12. The zero-order valence-electron chi connectivity index (χ0n) is 17.1. The SMILES string of the molecule is COc1ccc(-c2cc(-c3ccc(C#N)cc3)nc3sc4c(c23)CCC(C)C4)cc1. The van der Waals surface area contributed by atoms with Crippen LogP contribution in [0, 0.1) is 17.2 Å². The first-order chi connectivity index (χ1) is 14.7. The van der Waals surface area contributed by atoms with Crippen LogP contribution in [0.5, 0.6) is 5.75 Å². The largest absolute Gasteiger partial charge is 0.497 e. The lowest BCUT2D eigenvalue weighted by molar-refractivity contribution is 0.415. The number of hydrogen-bond acceptors (Lipinski definition) is 4. The number of thiophene rings is 1. The molecule has 2 aromatic carbocycles.